The van der Waals surface area contributed by atoms with E-state index >= 15 is 0 Å². The van der Waals surface area contributed by atoms with Gasteiger partial charge in [-0.25, -0.2) is 0 Å². The Balaban J connectivity index is 1.84. The highest BCUT2D eigenvalue weighted by Gasteiger charge is 2.33. The molecule has 27 heavy (non-hydrogen) atoms. The van der Waals surface area contributed by atoms with Crippen LogP contribution in [0.15, 0.2) is 42.3 Å². The highest BCUT2D eigenvalue weighted by Crippen LogP contribution is 2.42. The molecule has 3 aromatic rings. The molecule has 0 aliphatic carbocycles. The summed E-state index contributed by atoms with van der Waals surface area (Å²) in [6, 6.07) is 9.68. The number of carbonyl (C=O) groups excluding carboxylic acids is 1. The van der Waals surface area contributed by atoms with E-state index in [1.165, 1.54) is 0 Å². The number of aromatic hydroxyl groups is 1. The lowest BCUT2D eigenvalue weighted by Gasteiger charge is -2.15. The van der Waals surface area contributed by atoms with Gasteiger partial charge in [0.15, 0.2) is 5.76 Å². The summed E-state index contributed by atoms with van der Waals surface area (Å²) in [7, 11) is 5.80. The van der Waals surface area contributed by atoms with Crippen LogP contribution in [0.4, 0.5) is 0 Å². The maximum absolute atomic E-state index is 13.0. The first kappa shape index (κ1) is 17.4. The standard InChI is InChI=1S/C22H22N2O3/c1-13-9-18(25)16(12-23(2)3)22-20(13)21(26)19(27-22)10-14-11-24(4)17-8-6-5-7-15(14)17/h5-11,25H,12H2,1-4H3/b19-10-. The van der Waals surface area contributed by atoms with Gasteiger partial charge >= 0.3 is 0 Å². The first-order chi connectivity index (χ1) is 12.9. The number of carbonyl (C=O) groups is 1. The van der Waals surface area contributed by atoms with E-state index in [0.29, 0.717) is 23.4 Å². The van der Waals surface area contributed by atoms with Gasteiger partial charge in [0.1, 0.15) is 11.5 Å². The van der Waals surface area contributed by atoms with Crippen LogP contribution in [0.1, 0.15) is 27.0 Å². The van der Waals surface area contributed by atoms with E-state index in [-0.39, 0.29) is 17.3 Å². The molecule has 1 aliphatic rings. The third-order valence-electron chi connectivity index (χ3n) is 4.91. The van der Waals surface area contributed by atoms with Crippen LogP contribution in [0, 0.1) is 6.92 Å². The molecule has 0 radical (unpaired) electrons. The Labute approximate surface area is 158 Å². The van der Waals surface area contributed by atoms with E-state index in [1.807, 2.05) is 68.0 Å². The fraction of sp³-hybridized carbons (Fsp3) is 0.227. The zero-order valence-electron chi connectivity index (χ0n) is 15.9. The number of ketones is 1. The predicted octanol–water partition coefficient (Wildman–Crippen LogP) is 3.87. The molecule has 0 unspecified atom stereocenters. The highest BCUT2D eigenvalue weighted by molar-refractivity contribution is 6.16. The Hall–Kier alpha value is -3.05. The van der Waals surface area contributed by atoms with Gasteiger partial charge in [-0.15, -0.1) is 0 Å². The minimum absolute atomic E-state index is 0.143. The van der Waals surface area contributed by atoms with Crippen molar-refractivity contribution in [2.45, 2.75) is 13.5 Å². The number of allylic oxidation sites excluding steroid dienone is 1. The number of para-hydroxylation sites is 1. The summed E-state index contributed by atoms with van der Waals surface area (Å²) in [5, 5.41) is 11.4. The molecule has 0 bridgehead atoms. The molecule has 1 aliphatic heterocycles. The van der Waals surface area contributed by atoms with Crippen LogP contribution in [0.5, 0.6) is 11.5 Å². The smallest absolute Gasteiger partial charge is 0.232 e. The number of aryl methyl sites for hydroxylation is 2. The Morgan fingerprint density at radius 1 is 1.26 bits per heavy atom. The van der Waals surface area contributed by atoms with Gasteiger partial charge in [0.05, 0.1) is 11.1 Å². The monoisotopic (exact) mass is 362 g/mol. The predicted molar refractivity (Wildman–Crippen MR) is 106 cm³/mol. The van der Waals surface area contributed by atoms with Crippen molar-refractivity contribution in [1.82, 2.24) is 9.47 Å². The van der Waals surface area contributed by atoms with Crippen molar-refractivity contribution in [1.29, 1.82) is 0 Å². The molecule has 0 saturated carbocycles. The molecular weight excluding hydrogens is 340 g/mol. The van der Waals surface area contributed by atoms with E-state index in [4.69, 9.17) is 4.74 Å². The third kappa shape index (κ3) is 2.80. The van der Waals surface area contributed by atoms with Crippen LogP contribution in [0.2, 0.25) is 0 Å². The zero-order valence-corrected chi connectivity index (χ0v) is 15.9. The quantitative estimate of drug-likeness (QED) is 0.719. The highest BCUT2D eigenvalue weighted by atomic mass is 16.5. The Morgan fingerprint density at radius 2 is 2.00 bits per heavy atom. The van der Waals surface area contributed by atoms with Crippen LogP contribution in [0.25, 0.3) is 17.0 Å². The number of Topliss-reactive ketones (excluding diaryl/α,β-unsaturated/α-hetero) is 1. The number of ether oxygens (including phenoxy) is 1. The second kappa shape index (κ2) is 6.28. The summed E-state index contributed by atoms with van der Waals surface area (Å²) in [4.78, 5) is 15.0. The van der Waals surface area contributed by atoms with Crippen molar-refractivity contribution in [2.75, 3.05) is 14.1 Å². The number of phenolic OH excluding ortho intramolecular Hbond substituents is 1. The second-order valence-electron chi connectivity index (χ2n) is 7.29. The van der Waals surface area contributed by atoms with Crippen LogP contribution < -0.4 is 4.74 Å². The lowest BCUT2D eigenvalue weighted by molar-refractivity contribution is 0.101. The molecule has 0 atom stereocenters. The van der Waals surface area contributed by atoms with Gasteiger partial charge in [-0.05, 0) is 44.8 Å². The third-order valence-corrected chi connectivity index (χ3v) is 4.91. The summed E-state index contributed by atoms with van der Waals surface area (Å²) < 4.78 is 8.02. The minimum Gasteiger partial charge on any atom is -0.507 e. The van der Waals surface area contributed by atoms with Crippen LogP contribution in [0.3, 0.4) is 0 Å². The number of nitrogens with zero attached hydrogens (tertiary/aromatic N) is 2. The SMILES string of the molecule is Cc1cc(O)c(CN(C)C)c2c1C(=O)/C(=C/c1cn(C)c3ccccc13)O2. The maximum atomic E-state index is 13.0. The lowest BCUT2D eigenvalue weighted by atomic mass is 9.99. The van der Waals surface area contributed by atoms with Gasteiger partial charge in [0.25, 0.3) is 0 Å². The molecule has 5 heteroatoms. The average molecular weight is 362 g/mol. The zero-order chi connectivity index (χ0) is 19.3. The number of benzene rings is 2. The molecule has 4 rings (SSSR count). The summed E-state index contributed by atoms with van der Waals surface area (Å²) in [6.45, 7) is 2.31. The minimum atomic E-state index is -0.143. The second-order valence-corrected chi connectivity index (χ2v) is 7.29. The molecule has 0 amide bonds. The van der Waals surface area contributed by atoms with Crippen LogP contribution >= 0.6 is 0 Å². The Morgan fingerprint density at radius 3 is 2.74 bits per heavy atom. The number of phenols is 1. The van der Waals surface area contributed by atoms with Crippen LogP contribution in [-0.2, 0) is 13.6 Å². The van der Waals surface area contributed by atoms with E-state index in [2.05, 4.69) is 0 Å². The van der Waals surface area contributed by atoms with E-state index < -0.39 is 0 Å². The average Bonchev–Trinajstić information content (AvgIpc) is 3.10. The fourth-order valence-corrected chi connectivity index (χ4v) is 3.68. The van der Waals surface area contributed by atoms with Crippen molar-refractivity contribution >= 4 is 22.8 Å². The van der Waals surface area contributed by atoms with E-state index in [1.54, 1.807) is 12.1 Å². The Kier molecular flexibility index (Phi) is 4.04. The topological polar surface area (TPSA) is 54.7 Å². The van der Waals surface area contributed by atoms with Crippen molar-refractivity contribution in [3.63, 3.8) is 0 Å². The molecule has 0 fully saturated rings. The number of rotatable bonds is 3. The molecule has 2 heterocycles. The number of hydrogen-bond donors (Lipinski definition) is 1. The summed E-state index contributed by atoms with van der Waals surface area (Å²) in [5.74, 6) is 0.766. The van der Waals surface area contributed by atoms with Gasteiger partial charge in [-0.2, -0.15) is 0 Å². The summed E-state index contributed by atoms with van der Waals surface area (Å²) >= 11 is 0. The number of aromatic nitrogens is 1. The summed E-state index contributed by atoms with van der Waals surface area (Å²) in [5.41, 5.74) is 3.91. The van der Waals surface area contributed by atoms with Gasteiger partial charge in [0, 0.05) is 36.3 Å². The van der Waals surface area contributed by atoms with Gasteiger partial charge in [0.2, 0.25) is 5.78 Å². The van der Waals surface area contributed by atoms with Crippen molar-refractivity contribution < 1.29 is 14.6 Å². The molecule has 5 nitrogen and oxygen atoms in total. The van der Waals surface area contributed by atoms with E-state index in [9.17, 15) is 9.90 Å². The molecular formula is C22H22N2O3. The van der Waals surface area contributed by atoms with Crippen molar-refractivity contribution in [3.8, 4) is 11.5 Å². The van der Waals surface area contributed by atoms with Crippen molar-refractivity contribution in [3.05, 3.63) is 64.5 Å². The molecule has 2 aromatic carbocycles. The first-order valence-electron chi connectivity index (χ1n) is 8.85. The Bertz CT molecular complexity index is 1110. The molecule has 138 valence electrons. The van der Waals surface area contributed by atoms with Gasteiger partial charge in [-0.1, -0.05) is 18.2 Å². The van der Waals surface area contributed by atoms with Crippen molar-refractivity contribution in [2.24, 2.45) is 7.05 Å². The lowest BCUT2D eigenvalue weighted by Crippen LogP contribution is -2.12. The molecule has 0 spiro atoms. The van der Waals surface area contributed by atoms with E-state index in [0.717, 1.165) is 22.0 Å². The summed E-state index contributed by atoms with van der Waals surface area (Å²) in [6.07, 6.45) is 3.78. The number of fused-ring (bicyclic) bond motifs is 2. The normalized spacial score (nSPS) is 15.0. The largest absolute Gasteiger partial charge is 0.507 e. The fourth-order valence-electron chi connectivity index (χ4n) is 3.68. The van der Waals surface area contributed by atoms with Crippen LogP contribution in [-0.4, -0.2) is 34.5 Å². The van der Waals surface area contributed by atoms with Gasteiger partial charge in [-0.3, -0.25) is 4.79 Å². The molecule has 1 aromatic heterocycles. The first-order valence-corrected chi connectivity index (χ1v) is 8.85. The van der Waals surface area contributed by atoms with Gasteiger partial charge < -0.3 is 19.3 Å². The molecule has 0 saturated heterocycles. The number of hydrogen-bond acceptors (Lipinski definition) is 4. The molecule has 1 N–H and O–H groups in total. The maximum Gasteiger partial charge on any atom is 0.232 e.